The van der Waals surface area contributed by atoms with E-state index in [1.807, 2.05) is 31.6 Å². The number of aryl methyl sites for hydroxylation is 1. The van der Waals surface area contributed by atoms with Crippen LogP contribution in [-0.4, -0.2) is 34.9 Å². The molecule has 9 heteroatoms. The molecule has 0 aliphatic rings. The predicted octanol–water partition coefficient (Wildman–Crippen LogP) is 2.87. The summed E-state index contributed by atoms with van der Waals surface area (Å²) in [6.07, 6.45) is 8.70. The molecule has 0 aliphatic heterocycles. The van der Waals surface area contributed by atoms with Crippen LogP contribution in [0.15, 0.2) is 47.6 Å². The molecular formula is C20H22N8O. The fourth-order valence-corrected chi connectivity index (χ4v) is 3.15. The zero-order valence-electron chi connectivity index (χ0n) is 16.7. The second-order valence-electron chi connectivity index (χ2n) is 7.44. The third kappa shape index (κ3) is 3.35. The molecule has 0 saturated heterocycles. The number of hydrogen-bond acceptors (Lipinski definition) is 8. The van der Waals surface area contributed by atoms with Crippen LogP contribution in [0.5, 0.6) is 0 Å². The molecule has 1 atom stereocenters. The fraction of sp³-hybridized carbons (Fsp3) is 0.300. The Hall–Kier alpha value is -3.62. The van der Waals surface area contributed by atoms with E-state index in [1.165, 1.54) is 0 Å². The van der Waals surface area contributed by atoms with Crippen molar-refractivity contribution < 1.29 is 4.52 Å². The van der Waals surface area contributed by atoms with Crippen LogP contribution in [0.3, 0.4) is 0 Å². The van der Waals surface area contributed by atoms with Gasteiger partial charge in [0.05, 0.1) is 22.9 Å². The Morgan fingerprint density at radius 3 is 2.38 bits per heavy atom. The van der Waals surface area contributed by atoms with Crippen LogP contribution in [0.1, 0.15) is 32.2 Å². The lowest BCUT2D eigenvalue weighted by Crippen LogP contribution is -2.31. The molecule has 0 saturated carbocycles. The maximum atomic E-state index is 5.56. The van der Waals surface area contributed by atoms with Gasteiger partial charge in [-0.1, -0.05) is 25.1 Å². The Labute approximate surface area is 168 Å². The number of pyridine rings is 1. The normalized spacial score (nSPS) is 13.6. The van der Waals surface area contributed by atoms with E-state index in [2.05, 4.69) is 51.0 Å². The first-order valence-electron chi connectivity index (χ1n) is 9.25. The molecule has 148 valence electrons. The van der Waals surface area contributed by atoms with Crippen molar-refractivity contribution in [1.29, 1.82) is 0 Å². The van der Waals surface area contributed by atoms with Crippen LogP contribution in [0.25, 0.3) is 22.7 Å². The number of nitrogen functional groups attached to an aromatic ring is 1. The predicted molar refractivity (Wildman–Crippen MR) is 107 cm³/mol. The molecule has 4 heterocycles. The summed E-state index contributed by atoms with van der Waals surface area (Å²) in [5.74, 6) is 1.49. The first-order valence-corrected chi connectivity index (χ1v) is 9.25. The zero-order valence-corrected chi connectivity index (χ0v) is 16.7. The van der Waals surface area contributed by atoms with E-state index in [-0.39, 0.29) is 11.9 Å². The van der Waals surface area contributed by atoms with Gasteiger partial charge in [0.25, 0.3) is 5.89 Å². The molecule has 0 fully saturated rings. The van der Waals surface area contributed by atoms with Crippen molar-refractivity contribution in [2.75, 3.05) is 5.73 Å². The monoisotopic (exact) mass is 390 g/mol. The minimum absolute atomic E-state index is 0.203. The summed E-state index contributed by atoms with van der Waals surface area (Å²) in [4.78, 5) is 17.3. The first-order chi connectivity index (χ1) is 13.9. The first kappa shape index (κ1) is 18.7. The molecule has 4 aromatic rings. The van der Waals surface area contributed by atoms with Gasteiger partial charge in [0.2, 0.25) is 5.95 Å². The molecular weight excluding hydrogens is 368 g/mol. The third-order valence-electron chi connectivity index (χ3n) is 5.33. The summed E-state index contributed by atoms with van der Waals surface area (Å²) in [5.41, 5.74) is 8.43. The van der Waals surface area contributed by atoms with Gasteiger partial charge in [-0.2, -0.15) is 10.1 Å². The van der Waals surface area contributed by atoms with Crippen molar-refractivity contribution in [3.8, 4) is 22.7 Å². The van der Waals surface area contributed by atoms with Crippen LogP contribution in [0.4, 0.5) is 5.95 Å². The van der Waals surface area contributed by atoms with Gasteiger partial charge in [-0.05, 0) is 24.5 Å². The Morgan fingerprint density at radius 2 is 1.79 bits per heavy atom. The third-order valence-corrected chi connectivity index (χ3v) is 5.33. The smallest absolute Gasteiger partial charge is 0.261 e. The highest BCUT2D eigenvalue weighted by atomic mass is 16.5. The van der Waals surface area contributed by atoms with Crippen molar-refractivity contribution in [1.82, 2.24) is 34.9 Å². The minimum atomic E-state index is -0.479. The van der Waals surface area contributed by atoms with Gasteiger partial charge in [0, 0.05) is 37.4 Å². The average molecular weight is 390 g/mol. The highest BCUT2D eigenvalue weighted by Crippen LogP contribution is 2.38. The quantitative estimate of drug-likeness (QED) is 0.552. The lowest BCUT2D eigenvalue weighted by atomic mass is 9.73. The number of aromatic nitrogens is 7. The van der Waals surface area contributed by atoms with E-state index in [0.717, 1.165) is 22.4 Å². The molecule has 0 radical (unpaired) electrons. The lowest BCUT2D eigenvalue weighted by Gasteiger charge is -2.30. The standard InChI is InChI=1S/C20H22N8O/c1-12(2)20(3,18-26-17(29-27-18)14-9-25-28(4)11-14)15-5-6-16(22-10-15)13-7-23-19(21)24-8-13/h5-12H,1-4H3,(H2,21,23,24). The van der Waals surface area contributed by atoms with Gasteiger partial charge < -0.3 is 10.3 Å². The second-order valence-corrected chi connectivity index (χ2v) is 7.44. The Bertz CT molecular complexity index is 1110. The molecule has 9 nitrogen and oxygen atoms in total. The molecule has 0 amide bonds. The average Bonchev–Trinajstić information content (AvgIpc) is 3.37. The van der Waals surface area contributed by atoms with Gasteiger partial charge in [-0.3, -0.25) is 9.67 Å². The van der Waals surface area contributed by atoms with Gasteiger partial charge in [-0.15, -0.1) is 0 Å². The molecule has 0 aliphatic carbocycles. The van der Waals surface area contributed by atoms with Crippen molar-refractivity contribution >= 4 is 5.95 Å². The number of nitrogens with zero attached hydrogens (tertiary/aromatic N) is 7. The van der Waals surface area contributed by atoms with E-state index in [1.54, 1.807) is 23.3 Å². The van der Waals surface area contributed by atoms with E-state index in [0.29, 0.717) is 11.7 Å². The van der Waals surface area contributed by atoms with E-state index >= 15 is 0 Å². The Morgan fingerprint density at radius 1 is 1.03 bits per heavy atom. The second kappa shape index (κ2) is 7.08. The molecule has 29 heavy (non-hydrogen) atoms. The van der Waals surface area contributed by atoms with E-state index in [4.69, 9.17) is 10.3 Å². The molecule has 4 aromatic heterocycles. The number of nitrogens with two attached hydrogens (primary N) is 1. The van der Waals surface area contributed by atoms with E-state index < -0.39 is 5.41 Å². The van der Waals surface area contributed by atoms with E-state index in [9.17, 15) is 0 Å². The van der Waals surface area contributed by atoms with Crippen LogP contribution < -0.4 is 5.73 Å². The SMILES string of the molecule is CC(C)C(C)(c1ccc(-c2cnc(N)nc2)nc1)c1noc(-c2cnn(C)c2)n1. The zero-order chi connectivity index (χ0) is 20.6. The maximum absolute atomic E-state index is 5.56. The lowest BCUT2D eigenvalue weighted by molar-refractivity contribution is 0.350. The molecule has 2 N–H and O–H groups in total. The Balaban J connectivity index is 1.70. The number of hydrogen-bond donors (Lipinski definition) is 1. The summed E-state index contributed by atoms with van der Waals surface area (Å²) >= 11 is 0. The van der Waals surface area contributed by atoms with Crippen LogP contribution in [-0.2, 0) is 12.5 Å². The largest absolute Gasteiger partial charge is 0.368 e. The van der Waals surface area contributed by atoms with Crippen molar-refractivity contribution in [2.24, 2.45) is 13.0 Å². The highest BCUT2D eigenvalue weighted by molar-refractivity contribution is 5.58. The fourth-order valence-electron chi connectivity index (χ4n) is 3.15. The minimum Gasteiger partial charge on any atom is -0.368 e. The molecule has 4 rings (SSSR count). The van der Waals surface area contributed by atoms with Gasteiger partial charge in [-0.25, -0.2) is 9.97 Å². The maximum Gasteiger partial charge on any atom is 0.261 e. The van der Waals surface area contributed by atoms with Crippen LogP contribution in [0, 0.1) is 5.92 Å². The topological polar surface area (TPSA) is 121 Å². The molecule has 1 unspecified atom stereocenters. The molecule has 0 aromatic carbocycles. The van der Waals surface area contributed by atoms with Crippen molar-refractivity contribution in [2.45, 2.75) is 26.2 Å². The van der Waals surface area contributed by atoms with Crippen LogP contribution >= 0.6 is 0 Å². The molecule has 0 spiro atoms. The van der Waals surface area contributed by atoms with Crippen LogP contribution in [0.2, 0.25) is 0 Å². The number of anilines is 1. The van der Waals surface area contributed by atoms with Gasteiger partial charge in [0.1, 0.15) is 0 Å². The number of rotatable bonds is 5. The summed E-state index contributed by atoms with van der Waals surface area (Å²) in [7, 11) is 1.85. The summed E-state index contributed by atoms with van der Waals surface area (Å²) < 4.78 is 7.22. The van der Waals surface area contributed by atoms with Crippen molar-refractivity contribution in [3.63, 3.8) is 0 Å². The van der Waals surface area contributed by atoms with Gasteiger partial charge >= 0.3 is 0 Å². The Kier molecular flexibility index (Phi) is 4.57. The molecule has 0 bridgehead atoms. The van der Waals surface area contributed by atoms with Gasteiger partial charge in [0.15, 0.2) is 5.82 Å². The summed E-state index contributed by atoms with van der Waals surface area (Å²) in [5, 5.41) is 8.44. The summed E-state index contributed by atoms with van der Waals surface area (Å²) in [6, 6.07) is 3.96. The summed E-state index contributed by atoms with van der Waals surface area (Å²) in [6.45, 7) is 6.35. The highest BCUT2D eigenvalue weighted by Gasteiger charge is 2.38. The van der Waals surface area contributed by atoms with Crippen molar-refractivity contribution in [3.05, 3.63) is 54.5 Å².